The molecule has 0 fully saturated rings. The molecule has 0 aliphatic carbocycles. The van der Waals surface area contributed by atoms with Gasteiger partial charge in [0.25, 0.3) is 0 Å². The van der Waals surface area contributed by atoms with E-state index in [1.165, 1.54) is 6.20 Å². The zero-order valence-electron chi connectivity index (χ0n) is 12.0. The largest absolute Gasteiger partial charge is 0.462 e. The van der Waals surface area contributed by atoms with Crippen molar-refractivity contribution in [1.82, 2.24) is 9.78 Å². The number of halogens is 1. The summed E-state index contributed by atoms with van der Waals surface area (Å²) in [5.74, 6) is -0.368. The average molecular weight is 353 g/mol. The first-order valence-electron chi connectivity index (χ1n) is 6.62. The number of esters is 1. The lowest BCUT2D eigenvalue weighted by Gasteiger charge is -2.07. The van der Waals surface area contributed by atoms with Gasteiger partial charge in [0.2, 0.25) is 0 Å². The van der Waals surface area contributed by atoms with Gasteiger partial charge < -0.3 is 9.47 Å². The lowest BCUT2D eigenvalue weighted by Crippen LogP contribution is -2.10. The van der Waals surface area contributed by atoms with Gasteiger partial charge in [-0.1, -0.05) is 28.1 Å². The lowest BCUT2D eigenvalue weighted by molar-refractivity contribution is 0.0515. The van der Waals surface area contributed by atoms with Crippen LogP contribution in [-0.2, 0) is 29.7 Å². The summed E-state index contributed by atoms with van der Waals surface area (Å²) in [5.41, 5.74) is 2.23. The van der Waals surface area contributed by atoms with Gasteiger partial charge in [0.05, 0.1) is 31.7 Å². The van der Waals surface area contributed by atoms with Crippen LogP contribution in [-0.4, -0.2) is 22.4 Å². The summed E-state index contributed by atoms with van der Waals surface area (Å²) in [4.78, 5) is 11.8. The van der Waals surface area contributed by atoms with Gasteiger partial charge in [0, 0.05) is 11.5 Å². The van der Waals surface area contributed by atoms with Crippen molar-refractivity contribution in [2.45, 2.75) is 20.1 Å². The number of aromatic nitrogens is 2. The van der Waals surface area contributed by atoms with Gasteiger partial charge in [-0.05, 0) is 24.6 Å². The van der Waals surface area contributed by atoms with Gasteiger partial charge in [0.1, 0.15) is 5.56 Å². The van der Waals surface area contributed by atoms with Crippen LogP contribution < -0.4 is 0 Å². The van der Waals surface area contributed by atoms with E-state index < -0.39 is 0 Å². The Balaban J connectivity index is 1.98. The average Bonchev–Trinajstić information content (AvgIpc) is 2.83. The fraction of sp³-hybridized carbons (Fsp3) is 0.333. The number of carbonyl (C=O) groups excluding carboxylic acids is 1. The maximum Gasteiger partial charge on any atom is 0.341 e. The van der Waals surface area contributed by atoms with Gasteiger partial charge in [0.15, 0.2) is 0 Å². The lowest BCUT2D eigenvalue weighted by atomic mass is 10.2. The van der Waals surface area contributed by atoms with Crippen LogP contribution in [0.25, 0.3) is 0 Å². The first-order chi connectivity index (χ1) is 10.1. The van der Waals surface area contributed by atoms with Crippen molar-refractivity contribution >= 4 is 21.9 Å². The first-order valence-corrected chi connectivity index (χ1v) is 7.41. The maximum absolute atomic E-state index is 11.8. The van der Waals surface area contributed by atoms with Gasteiger partial charge in [-0.3, -0.25) is 4.68 Å². The third kappa shape index (κ3) is 4.15. The molecule has 5 nitrogen and oxygen atoms in total. The summed E-state index contributed by atoms with van der Waals surface area (Å²) in [7, 11) is 1.78. The van der Waals surface area contributed by atoms with E-state index in [-0.39, 0.29) is 5.97 Å². The number of rotatable bonds is 6. The monoisotopic (exact) mass is 352 g/mol. The Morgan fingerprint density at radius 3 is 2.67 bits per heavy atom. The number of nitrogens with zero attached hydrogens (tertiary/aromatic N) is 2. The Kier molecular flexibility index (Phi) is 5.52. The number of hydrogen-bond acceptors (Lipinski definition) is 4. The van der Waals surface area contributed by atoms with Crippen molar-refractivity contribution in [3.05, 3.63) is 51.8 Å². The van der Waals surface area contributed by atoms with Crippen LogP contribution in [0.3, 0.4) is 0 Å². The summed E-state index contributed by atoms with van der Waals surface area (Å²) < 4.78 is 13.3. The van der Waals surface area contributed by atoms with Crippen LogP contribution in [0.4, 0.5) is 0 Å². The van der Waals surface area contributed by atoms with Crippen molar-refractivity contribution in [1.29, 1.82) is 0 Å². The first kappa shape index (κ1) is 15.7. The molecule has 0 saturated heterocycles. The molecular weight excluding hydrogens is 336 g/mol. The molecule has 0 spiro atoms. The second-order valence-corrected chi connectivity index (χ2v) is 5.38. The minimum Gasteiger partial charge on any atom is -0.462 e. The topological polar surface area (TPSA) is 53.3 Å². The van der Waals surface area contributed by atoms with Crippen molar-refractivity contribution in [3.63, 3.8) is 0 Å². The van der Waals surface area contributed by atoms with E-state index in [2.05, 4.69) is 21.0 Å². The Hall–Kier alpha value is -1.66. The molecular formula is C15H17BrN2O3. The van der Waals surface area contributed by atoms with E-state index in [1.54, 1.807) is 18.7 Å². The predicted molar refractivity (Wildman–Crippen MR) is 81.8 cm³/mol. The van der Waals surface area contributed by atoms with Gasteiger partial charge in [-0.15, -0.1) is 0 Å². The van der Waals surface area contributed by atoms with Crippen LogP contribution in [0.5, 0.6) is 0 Å². The highest BCUT2D eigenvalue weighted by Crippen LogP contribution is 2.14. The zero-order chi connectivity index (χ0) is 15.2. The minimum absolute atomic E-state index is 0.306. The smallest absolute Gasteiger partial charge is 0.341 e. The van der Waals surface area contributed by atoms with E-state index in [1.807, 2.05) is 24.3 Å². The second-order valence-electron chi connectivity index (χ2n) is 4.47. The molecule has 0 amide bonds. The van der Waals surface area contributed by atoms with Crippen LogP contribution in [0.1, 0.15) is 28.5 Å². The molecule has 1 aromatic heterocycles. The van der Waals surface area contributed by atoms with Crippen molar-refractivity contribution in [2.24, 2.45) is 7.05 Å². The van der Waals surface area contributed by atoms with Crippen LogP contribution in [0.2, 0.25) is 0 Å². The maximum atomic E-state index is 11.8. The zero-order valence-corrected chi connectivity index (χ0v) is 13.6. The summed E-state index contributed by atoms with van der Waals surface area (Å²) in [6.07, 6.45) is 1.51. The molecule has 6 heteroatoms. The number of carbonyl (C=O) groups is 1. The van der Waals surface area contributed by atoms with E-state index in [0.717, 1.165) is 10.0 Å². The van der Waals surface area contributed by atoms with Gasteiger partial charge >= 0.3 is 5.97 Å². The molecule has 0 atom stereocenters. The molecule has 112 valence electrons. The molecule has 0 aliphatic heterocycles. The highest BCUT2D eigenvalue weighted by molar-refractivity contribution is 9.10. The van der Waals surface area contributed by atoms with Crippen molar-refractivity contribution < 1.29 is 14.3 Å². The fourth-order valence-electron chi connectivity index (χ4n) is 1.86. The highest BCUT2D eigenvalue weighted by Gasteiger charge is 2.17. The molecule has 0 saturated carbocycles. The molecule has 0 unspecified atom stereocenters. The molecule has 1 aromatic carbocycles. The van der Waals surface area contributed by atoms with Gasteiger partial charge in [-0.2, -0.15) is 5.10 Å². The Morgan fingerprint density at radius 2 is 2.00 bits per heavy atom. The van der Waals surface area contributed by atoms with Crippen molar-refractivity contribution in [2.75, 3.05) is 6.61 Å². The molecule has 1 heterocycles. The van der Waals surface area contributed by atoms with E-state index in [9.17, 15) is 4.79 Å². The third-order valence-corrected chi connectivity index (χ3v) is 3.51. The molecule has 0 aliphatic rings. The summed E-state index contributed by atoms with van der Waals surface area (Å²) in [5, 5.41) is 4.09. The number of ether oxygens (including phenoxy) is 2. The van der Waals surface area contributed by atoms with E-state index >= 15 is 0 Å². The standard InChI is InChI=1S/C15H17BrN2O3/c1-3-21-15(19)13-8-17-18(2)14(13)10-20-9-11-4-6-12(16)7-5-11/h4-8H,3,9-10H2,1-2H3. The highest BCUT2D eigenvalue weighted by atomic mass is 79.9. The SMILES string of the molecule is CCOC(=O)c1cnn(C)c1COCc1ccc(Br)cc1. The number of hydrogen-bond donors (Lipinski definition) is 0. The van der Waals surface area contributed by atoms with E-state index in [0.29, 0.717) is 31.1 Å². The Morgan fingerprint density at radius 1 is 1.29 bits per heavy atom. The predicted octanol–water partition coefficient (Wildman–Crippen LogP) is 3.08. The molecule has 0 N–H and O–H groups in total. The molecule has 0 radical (unpaired) electrons. The van der Waals surface area contributed by atoms with Crippen LogP contribution >= 0.6 is 15.9 Å². The summed E-state index contributed by atoms with van der Waals surface area (Å²) >= 11 is 3.39. The number of benzene rings is 1. The van der Waals surface area contributed by atoms with Crippen LogP contribution in [0, 0.1) is 0 Å². The normalized spacial score (nSPS) is 10.6. The minimum atomic E-state index is -0.368. The quantitative estimate of drug-likeness (QED) is 0.749. The molecule has 21 heavy (non-hydrogen) atoms. The Bertz CT molecular complexity index is 608. The van der Waals surface area contributed by atoms with Crippen molar-refractivity contribution in [3.8, 4) is 0 Å². The molecule has 0 bridgehead atoms. The Labute approximate surface area is 132 Å². The molecule has 2 rings (SSSR count). The fourth-order valence-corrected chi connectivity index (χ4v) is 2.12. The van der Waals surface area contributed by atoms with E-state index in [4.69, 9.17) is 9.47 Å². The van der Waals surface area contributed by atoms with Crippen LogP contribution in [0.15, 0.2) is 34.9 Å². The summed E-state index contributed by atoms with van der Waals surface area (Å²) in [6, 6.07) is 7.90. The molecule has 2 aromatic rings. The van der Waals surface area contributed by atoms with Gasteiger partial charge in [-0.25, -0.2) is 4.79 Å². The second kappa shape index (κ2) is 7.38. The number of aryl methyl sites for hydroxylation is 1. The summed E-state index contributed by atoms with van der Waals surface area (Å²) in [6.45, 7) is 2.90. The third-order valence-electron chi connectivity index (χ3n) is 2.98.